The number of carbonyl (C=O) groups excluding carboxylic acids is 3. The zero-order valence-corrected chi connectivity index (χ0v) is 23.7. The van der Waals surface area contributed by atoms with Crippen LogP contribution in [0.3, 0.4) is 0 Å². The Morgan fingerprint density at radius 1 is 1.10 bits per heavy atom. The lowest BCUT2D eigenvalue weighted by Crippen LogP contribution is -2.53. The van der Waals surface area contributed by atoms with E-state index < -0.39 is 22.0 Å². The third-order valence-corrected chi connectivity index (χ3v) is 10.5. The average Bonchev–Trinajstić information content (AvgIpc) is 3.37. The number of sulfone groups is 1. The number of nitrogens with one attached hydrogen (secondary N) is 1. The van der Waals surface area contributed by atoms with Crippen molar-refractivity contribution in [2.45, 2.75) is 62.3 Å². The standard InChI is InChI=1S/C28H38N4O6S/c1-30(2)25-23-7-5-4-6-18(23)14-24(26(25)33)27(34)29-19-15-20-8-9-21(16-19)31(20)11-12-32(28(35)38-3)22-10-13-39(36,37)17-22/h4-7,14,19-22,25H,8-13,15-17H2,1-3H3,(H,29,34)/t19?,20?,21?,22-,25?/m0/s1. The molecule has 2 amide bonds. The zero-order chi connectivity index (χ0) is 27.9. The highest BCUT2D eigenvalue weighted by atomic mass is 32.2. The highest BCUT2D eigenvalue weighted by molar-refractivity contribution is 7.91. The fourth-order valence-corrected chi connectivity index (χ4v) is 8.63. The number of rotatable bonds is 7. The second-order valence-electron chi connectivity index (χ2n) is 11.4. The number of fused-ring (bicyclic) bond motifs is 3. The fourth-order valence-electron chi connectivity index (χ4n) is 6.90. The summed E-state index contributed by atoms with van der Waals surface area (Å²) in [6, 6.07) is 7.32. The molecule has 5 rings (SSSR count). The Kier molecular flexibility index (Phi) is 7.85. The van der Waals surface area contributed by atoms with Crippen LogP contribution in [0.15, 0.2) is 29.8 Å². The predicted octanol–water partition coefficient (Wildman–Crippen LogP) is 1.62. The number of hydrogen-bond donors (Lipinski definition) is 1. The predicted molar refractivity (Wildman–Crippen MR) is 147 cm³/mol. The molecule has 11 heteroatoms. The number of Topliss-reactive ketones (excluding diaryl/α,β-unsaturated/α-hetero) is 1. The van der Waals surface area contributed by atoms with E-state index in [0.29, 0.717) is 19.5 Å². The number of carbonyl (C=O) groups is 3. The van der Waals surface area contributed by atoms with Gasteiger partial charge in [-0.2, -0.15) is 0 Å². The van der Waals surface area contributed by atoms with Crippen molar-refractivity contribution in [2.24, 2.45) is 0 Å². The molecule has 3 heterocycles. The van der Waals surface area contributed by atoms with E-state index in [9.17, 15) is 22.8 Å². The molecule has 4 aliphatic rings. The molecule has 0 radical (unpaired) electrons. The van der Waals surface area contributed by atoms with E-state index >= 15 is 0 Å². The van der Waals surface area contributed by atoms with Crippen molar-refractivity contribution in [3.05, 3.63) is 41.0 Å². The van der Waals surface area contributed by atoms with Gasteiger partial charge in [-0.15, -0.1) is 0 Å². The molecule has 0 spiro atoms. The zero-order valence-electron chi connectivity index (χ0n) is 22.8. The number of amides is 2. The molecule has 3 aliphatic heterocycles. The maximum atomic E-state index is 13.4. The van der Waals surface area contributed by atoms with Gasteiger partial charge in [0.25, 0.3) is 5.91 Å². The first kappa shape index (κ1) is 27.8. The molecule has 3 fully saturated rings. The molecule has 1 aliphatic carbocycles. The normalized spacial score (nSPS) is 29.6. The van der Waals surface area contributed by atoms with Crippen LogP contribution < -0.4 is 5.32 Å². The first-order valence-electron chi connectivity index (χ1n) is 13.7. The molecule has 1 aromatic carbocycles. The molecule has 2 bridgehead atoms. The van der Waals surface area contributed by atoms with Gasteiger partial charge in [0, 0.05) is 31.2 Å². The lowest BCUT2D eigenvalue weighted by molar-refractivity contribution is -0.125. The maximum absolute atomic E-state index is 13.4. The van der Waals surface area contributed by atoms with Crippen LogP contribution in [-0.4, -0.2) is 111 Å². The number of likely N-dealkylation sites (N-methyl/N-ethyl adjacent to an activating group) is 1. The average molecular weight is 559 g/mol. The lowest BCUT2D eigenvalue weighted by Gasteiger charge is -2.40. The van der Waals surface area contributed by atoms with E-state index in [1.165, 1.54) is 7.11 Å². The molecule has 212 valence electrons. The van der Waals surface area contributed by atoms with Crippen molar-refractivity contribution in [3.63, 3.8) is 0 Å². The minimum absolute atomic E-state index is 0.0171. The van der Waals surface area contributed by atoms with E-state index in [0.717, 1.165) is 36.8 Å². The number of benzene rings is 1. The molecular formula is C28H38N4O6S. The quantitative estimate of drug-likeness (QED) is 0.502. The van der Waals surface area contributed by atoms with E-state index in [2.05, 4.69) is 10.2 Å². The van der Waals surface area contributed by atoms with Crippen LogP contribution in [0.1, 0.15) is 49.3 Å². The molecular weight excluding hydrogens is 520 g/mol. The molecule has 4 atom stereocenters. The summed E-state index contributed by atoms with van der Waals surface area (Å²) in [5, 5.41) is 3.15. The van der Waals surface area contributed by atoms with Crippen LogP contribution in [0.25, 0.3) is 6.08 Å². The molecule has 0 saturated carbocycles. The van der Waals surface area contributed by atoms with Gasteiger partial charge in [-0.05, 0) is 63.4 Å². The van der Waals surface area contributed by atoms with Crippen molar-refractivity contribution in [1.82, 2.24) is 20.0 Å². The highest BCUT2D eigenvalue weighted by Crippen LogP contribution is 2.37. The molecule has 39 heavy (non-hydrogen) atoms. The van der Waals surface area contributed by atoms with Gasteiger partial charge < -0.3 is 15.0 Å². The summed E-state index contributed by atoms with van der Waals surface area (Å²) < 4.78 is 29.0. The first-order valence-corrected chi connectivity index (χ1v) is 15.5. The number of nitrogens with zero attached hydrogens (tertiary/aromatic N) is 3. The summed E-state index contributed by atoms with van der Waals surface area (Å²) in [7, 11) is 1.89. The summed E-state index contributed by atoms with van der Waals surface area (Å²) in [5.41, 5.74) is 2.00. The van der Waals surface area contributed by atoms with Crippen LogP contribution >= 0.6 is 0 Å². The van der Waals surface area contributed by atoms with Crippen molar-refractivity contribution in [2.75, 3.05) is 45.8 Å². The van der Waals surface area contributed by atoms with Crippen LogP contribution in [0.2, 0.25) is 0 Å². The van der Waals surface area contributed by atoms with Crippen molar-refractivity contribution >= 4 is 33.7 Å². The van der Waals surface area contributed by atoms with Gasteiger partial charge in [0.2, 0.25) is 0 Å². The molecule has 0 aromatic heterocycles. The molecule has 1 N–H and O–H groups in total. The van der Waals surface area contributed by atoms with Crippen molar-refractivity contribution in [3.8, 4) is 0 Å². The Bertz CT molecular complexity index is 1260. The third-order valence-electron chi connectivity index (χ3n) is 8.74. The first-order chi connectivity index (χ1) is 18.6. The SMILES string of the molecule is COC(=O)N(CCN1C2CCC1CC(NC(=O)C1=Cc3ccccc3C(N(C)C)C1=O)C2)[C@H]1CCS(=O)(=O)C1. The summed E-state index contributed by atoms with van der Waals surface area (Å²) in [5.74, 6) is -0.426. The van der Waals surface area contributed by atoms with Crippen LogP contribution in [-0.2, 0) is 24.2 Å². The second kappa shape index (κ2) is 11.0. The van der Waals surface area contributed by atoms with Gasteiger partial charge in [0.15, 0.2) is 15.6 Å². The number of ketones is 1. The van der Waals surface area contributed by atoms with Gasteiger partial charge >= 0.3 is 6.09 Å². The van der Waals surface area contributed by atoms with Crippen molar-refractivity contribution < 1.29 is 27.5 Å². The fraction of sp³-hybridized carbons (Fsp3) is 0.607. The Balaban J connectivity index is 1.22. The Morgan fingerprint density at radius 2 is 1.79 bits per heavy atom. The maximum Gasteiger partial charge on any atom is 0.409 e. The highest BCUT2D eigenvalue weighted by Gasteiger charge is 2.43. The minimum atomic E-state index is -3.13. The number of methoxy groups -OCH3 is 1. The largest absolute Gasteiger partial charge is 0.453 e. The van der Waals surface area contributed by atoms with Gasteiger partial charge in [-0.3, -0.25) is 19.4 Å². The van der Waals surface area contributed by atoms with Crippen LogP contribution in [0.5, 0.6) is 0 Å². The molecule has 1 aromatic rings. The second-order valence-corrected chi connectivity index (χ2v) is 13.6. The van der Waals surface area contributed by atoms with Crippen LogP contribution in [0.4, 0.5) is 4.79 Å². The lowest BCUT2D eigenvalue weighted by atomic mass is 9.85. The Morgan fingerprint density at radius 3 is 2.41 bits per heavy atom. The number of hydrogen-bond acceptors (Lipinski definition) is 8. The number of ether oxygens (including phenoxy) is 1. The van der Waals surface area contributed by atoms with Gasteiger partial charge in [-0.25, -0.2) is 13.2 Å². The molecule has 3 saturated heterocycles. The minimum Gasteiger partial charge on any atom is -0.453 e. The Labute approximate surface area is 230 Å². The van der Waals surface area contributed by atoms with E-state index in [4.69, 9.17) is 4.74 Å². The van der Waals surface area contributed by atoms with Gasteiger partial charge in [0.05, 0.1) is 36.3 Å². The van der Waals surface area contributed by atoms with E-state index in [-0.39, 0.29) is 52.9 Å². The Hall–Kier alpha value is -2.76. The van der Waals surface area contributed by atoms with Gasteiger partial charge in [-0.1, -0.05) is 24.3 Å². The summed E-state index contributed by atoms with van der Waals surface area (Å²) in [6.07, 6.45) is 5.21. The summed E-state index contributed by atoms with van der Waals surface area (Å²) in [6.45, 7) is 1.04. The topological polar surface area (TPSA) is 116 Å². The molecule has 10 nitrogen and oxygen atoms in total. The summed E-state index contributed by atoms with van der Waals surface area (Å²) in [4.78, 5) is 44.9. The van der Waals surface area contributed by atoms with Crippen LogP contribution in [0, 0.1) is 0 Å². The van der Waals surface area contributed by atoms with E-state index in [1.807, 2.05) is 43.3 Å². The molecule has 3 unspecified atom stereocenters. The number of piperidine rings is 1. The monoisotopic (exact) mass is 558 g/mol. The summed E-state index contributed by atoms with van der Waals surface area (Å²) >= 11 is 0. The van der Waals surface area contributed by atoms with E-state index in [1.54, 1.807) is 11.0 Å². The third kappa shape index (κ3) is 5.62. The van der Waals surface area contributed by atoms with Gasteiger partial charge in [0.1, 0.15) is 0 Å². The smallest absolute Gasteiger partial charge is 0.409 e. The van der Waals surface area contributed by atoms with Crippen molar-refractivity contribution in [1.29, 1.82) is 0 Å².